The Hall–Kier alpha value is -1.31. The fourth-order valence-corrected chi connectivity index (χ4v) is 1.42. The summed E-state index contributed by atoms with van der Waals surface area (Å²) in [6.07, 6.45) is -3.56. The lowest BCUT2D eigenvalue weighted by molar-refractivity contribution is -0.212. The molecule has 0 amide bonds. The second-order valence-corrected chi connectivity index (χ2v) is 4.32. The van der Waals surface area contributed by atoms with E-state index in [9.17, 15) is 15.0 Å². The van der Waals surface area contributed by atoms with Crippen LogP contribution in [0.2, 0.25) is 0 Å². The predicted octanol–water partition coefficient (Wildman–Crippen LogP) is -0.805. The lowest BCUT2D eigenvalue weighted by Gasteiger charge is -2.26. The first kappa shape index (κ1) is 15.7. The fraction of sp³-hybridized carbons (Fsp3) is 0.462. The molecule has 106 valence electrons. The normalized spacial score (nSPS) is 17.5. The van der Waals surface area contributed by atoms with Gasteiger partial charge in [0.2, 0.25) is 11.6 Å². The third-order valence-electron chi connectivity index (χ3n) is 2.64. The molecule has 6 nitrogen and oxygen atoms in total. The third-order valence-corrected chi connectivity index (χ3v) is 2.64. The van der Waals surface area contributed by atoms with Gasteiger partial charge in [-0.05, 0) is 12.5 Å². The van der Waals surface area contributed by atoms with Crippen LogP contribution >= 0.6 is 0 Å². The Balaban J connectivity index is 2.62. The first-order valence-electron chi connectivity index (χ1n) is 5.80. The van der Waals surface area contributed by atoms with Gasteiger partial charge in [-0.15, -0.1) is 0 Å². The average Bonchev–Trinajstić information content (AvgIpc) is 2.43. The van der Waals surface area contributed by atoms with Crippen molar-refractivity contribution in [2.24, 2.45) is 0 Å². The first-order valence-corrected chi connectivity index (χ1v) is 5.80. The number of carbonyl (C=O) groups is 1. The van der Waals surface area contributed by atoms with Crippen LogP contribution in [0.1, 0.15) is 12.5 Å². The Morgan fingerprint density at radius 3 is 2.42 bits per heavy atom. The van der Waals surface area contributed by atoms with Crippen molar-refractivity contribution in [3.8, 4) is 0 Å². The van der Waals surface area contributed by atoms with E-state index in [0.717, 1.165) is 12.5 Å². The number of aliphatic hydroxyl groups excluding tert-OH is 3. The number of hydrogen-bond acceptors (Lipinski definition) is 6. The van der Waals surface area contributed by atoms with Crippen molar-refractivity contribution in [2.75, 3.05) is 6.61 Å². The molecule has 0 aliphatic heterocycles. The summed E-state index contributed by atoms with van der Waals surface area (Å²) in [5.41, 5.74) is 0.743. The lowest BCUT2D eigenvalue weighted by atomic mass is 10.0. The average molecular weight is 270 g/mol. The molecule has 0 bridgehead atoms. The number of benzene rings is 1. The Morgan fingerprint density at radius 2 is 1.89 bits per heavy atom. The molecule has 0 fully saturated rings. The van der Waals surface area contributed by atoms with E-state index in [1.54, 1.807) is 24.3 Å². The van der Waals surface area contributed by atoms with Gasteiger partial charge in [-0.1, -0.05) is 30.3 Å². The highest BCUT2D eigenvalue weighted by atomic mass is 16.6. The van der Waals surface area contributed by atoms with Crippen LogP contribution in [0.25, 0.3) is 0 Å². The van der Waals surface area contributed by atoms with Crippen LogP contribution in [-0.2, 0) is 16.1 Å². The maximum absolute atomic E-state index is 11.7. The molecular formula is C13H18O6. The van der Waals surface area contributed by atoms with Gasteiger partial charge >= 0.3 is 0 Å². The fourth-order valence-electron chi connectivity index (χ4n) is 1.42. The maximum Gasteiger partial charge on any atom is 0.226 e. The van der Waals surface area contributed by atoms with E-state index in [0.29, 0.717) is 0 Å². The summed E-state index contributed by atoms with van der Waals surface area (Å²) in [7, 11) is 0. The van der Waals surface area contributed by atoms with Crippen LogP contribution in [0.3, 0.4) is 0 Å². The second kappa shape index (κ2) is 6.74. The Kier molecular flexibility index (Phi) is 5.59. The molecule has 19 heavy (non-hydrogen) atoms. The van der Waals surface area contributed by atoms with Gasteiger partial charge in [0.15, 0.2) is 0 Å². The number of rotatable bonds is 7. The third kappa shape index (κ3) is 4.38. The van der Waals surface area contributed by atoms with Crippen molar-refractivity contribution >= 4 is 5.78 Å². The van der Waals surface area contributed by atoms with Gasteiger partial charge in [-0.3, -0.25) is 4.79 Å². The van der Waals surface area contributed by atoms with E-state index in [-0.39, 0.29) is 6.61 Å². The van der Waals surface area contributed by atoms with Crippen molar-refractivity contribution in [2.45, 2.75) is 31.5 Å². The van der Waals surface area contributed by atoms with Crippen LogP contribution in [0.4, 0.5) is 0 Å². The summed E-state index contributed by atoms with van der Waals surface area (Å²) in [4.78, 5) is 11.7. The van der Waals surface area contributed by atoms with Crippen LogP contribution in [0, 0.1) is 0 Å². The molecule has 1 aromatic carbocycles. The van der Waals surface area contributed by atoms with Crippen LogP contribution in [0.15, 0.2) is 30.3 Å². The molecule has 0 aliphatic rings. The first-order chi connectivity index (χ1) is 8.88. The molecule has 0 saturated carbocycles. The van der Waals surface area contributed by atoms with E-state index >= 15 is 0 Å². The molecule has 0 spiro atoms. The molecule has 1 rings (SSSR count). The van der Waals surface area contributed by atoms with E-state index in [2.05, 4.69) is 0 Å². The van der Waals surface area contributed by atoms with E-state index < -0.39 is 30.4 Å². The SMILES string of the molecule is C[C@](O)(OCc1ccccc1)C(=O)[C@H](O)[C@@H](O)CO. The van der Waals surface area contributed by atoms with E-state index in [1.165, 1.54) is 0 Å². The van der Waals surface area contributed by atoms with Gasteiger partial charge in [0.25, 0.3) is 0 Å². The summed E-state index contributed by atoms with van der Waals surface area (Å²) >= 11 is 0. The minimum Gasteiger partial charge on any atom is -0.394 e. The molecule has 1 aromatic rings. The van der Waals surface area contributed by atoms with Crippen molar-refractivity contribution in [1.29, 1.82) is 0 Å². The summed E-state index contributed by atoms with van der Waals surface area (Å²) in [5.74, 6) is -3.35. The summed E-state index contributed by atoms with van der Waals surface area (Å²) in [5, 5.41) is 37.1. The predicted molar refractivity (Wildman–Crippen MR) is 66.0 cm³/mol. The molecule has 0 aliphatic carbocycles. The Labute approximate surface area is 110 Å². The minimum atomic E-state index is -2.24. The Bertz CT molecular complexity index is 403. The van der Waals surface area contributed by atoms with Crippen LogP contribution < -0.4 is 0 Å². The molecule has 0 aromatic heterocycles. The highest BCUT2D eigenvalue weighted by Crippen LogP contribution is 2.15. The number of ether oxygens (including phenoxy) is 1. The highest BCUT2D eigenvalue weighted by Gasteiger charge is 2.39. The number of ketones is 1. The van der Waals surface area contributed by atoms with Gasteiger partial charge < -0.3 is 25.2 Å². The number of Topliss-reactive ketones (excluding diaryl/α,β-unsaturated/α-hetero) is 1. The quantitative estimate of drug-likeness (QED) is 0.483. The minimum absolute atomic E-state index is 0.0263. The topological polar surface area (TPSA) is 107 Å². The van der Waals surface area contributed by atoms with Gasteiger partial charge in [-0.25, -0.2) is 0 Å². The monoisotopic (exact) mass is 270 g/mol. The van der Waals surface area contributed by atoms with Gasteiger partial charge in [0, 0.05) is 0 Å². The van der Waals surface area contributed by atoms with Crippen LogP contribution in [-0.4, -0.2) is 50.8 Å². The van der Waals surface area contributed by atoms with E-state index in [4.69, 9.17) is 14.9 Å². The molecular weight excluding hydrogens is 252 g/mol. The summed E-state index contributed by atoms with van der Waals surface area (Å²) < 4.78 is 5.05. The van der Waals surface area contributed by atoms with Gasteiger partial charge in [0.05, 0.1) is 13.2 Å². The molecule has 6 heteroatoms. The maximum atomic E-state index is 11.7. The van der Waals surface area contributed by atoms with Crippen molar-refractivity contribution in [3.63, 3.8) is 0 Å². The molecule has 0 radical (unpaired) electrons. The van der Waals surface area contributed by atoms with Crippen molar-refractivity contribution < 1.29 is 30.0 Å². The summed E-state index contributed by atoms with van der Waals surface area (Å²) in [6.45, 7) is 0.259. The molecule has 0 saturated heterocycles. The zero-order valence-corrected chi connectivity index (χ0v) is 10.6. The number of carbonyl (C=O) groups excluding carboxylic acids is 1. The largest absolute Gasteiger partial charge is 0.394 e. The van der Waals surface area contributed by atoms with Gasteiger partial charge in [-0.2, -0.15) is 0 Å². The van der Waals surface area contributed by atoms with Crippen molar-refractivity contribution in [3.05, 3.63) is 35.9 Å². The molecule has 4 N–H and O–H groups in total. The van der Waals surface area contributed by atoms with E-state index in [1.807, 2.05) is 6.07 Å². The molecule has 0 heterocycles. The molecule has 0 unspecified atom stereocenters. The van der Waals surface area contributed by atoms with Crippen molar-refractivity contribution in [1.82, 2.24) is 0 Å². The molecule has 3 atom stereocenters. The highest BCUT2D eigenvalue weighted by molar-refractivity contribution is 5.89. The standard InChI is InChI=1S/C13H18O6/c1-13(18,12(17)11(16)10(15)7-14)19-8-9-5-3-2-4-6-9/h2-6,10-11,14-16,18H,7-8H2,1H3/t10-,11+,13-/m0/s1. The summed E-state index contributed by atoms with van der Waals surface area (Å²) in [6, 6.07) is 8.87. The van der Waals surface area contributed by atoms with Gasteiger partial charge in [0.1, 0.15) is 12.2 Å². The zero-order valence-electron chi connectivity index (χ0n) is 10.6. The van der Waals surface area contributed by atoms with Crippen LogP contribution in [0.5, 0.6) is 0 Å². The zero-order chi connectivity index (χ0) is 14.5. The second-order valence-electron chi connectivity index (χ2n) is 4.32. The smallest absolute Gasteiger partial charge is 0.226 e. The lowest BCUT2D eigenvalue weighted by Crippen LogP contribution is -2.49. The Morgan fingerprint density at radius 1 is 1.32 bits per heavy atom. The number of hydrogen-bond donors (Lipinski definition) is 4. The number of aliphatic hydroxyl groups is 4.